The van der Waals surface area contributed by atoms with E-state index in [9.17, 15) is 0 Å². The molecule has 0 saturated heterocycles. The van der Waals surface area contributed by atoms with Crippen molar-refractivity contribution in [2.45, 2.75) is 19.4 Å². The molecule has 11 heavy (non-hydrogen) atoms. The average molecular weight is 181 g/mol. The van der Waals surface area contributed by atoms with Crippen molar-refractivity contribution in [1.82, 2.24) is 0 Å². The third-order valence-corrected chi connectivity index (χ3v) is 1.92. The molecular weight excluding hydrogens is 162 g/mol. The van der Waals surface area contributed by atoms with Gasteiger partial charge in [0.05, 0.1) is 20.6 Å². The molecule has 0 aliphatic heterocycles. The Labute approximate surface area is 74.4 Å². The first-order chi connectivity index (χ1) is 4.98. The lowest BCUT2D eigenvalue weighted by Gasteiger charge is -2.30. The Morgan fingerprint density at radius 3 is 2.36 bits per heavy atom. The summed E-state index contributed by atoms with van der Waals surface area (Å²) >= 11 is 5.57. The Bertz CT molecular complexity index is 104. The number of nitrogens with zero attached hydrogens (tertiary/aromatic N) is 1. The van der Waals surface area contributed by atoms with Gasteiger partial charge in [0.1, 0.15) is 12.6 Å². The highest BCUT2D eigenvalue weighted by molar-refractivity contribution is 6.17. The summed E-state index contributed by atoms with van der Waals surface area (Å²) in [6.45, 7) is 3.66. The zero-order chi connectivity index (χ0) is 8.91. The highest BCUT2D eigenvalue weighted by Crippen LogP contribution is 2.02. The maximum absolute atomic E-state index is 9.14. The van der Waals surface area contributed by atoms with Gasteiger partial charge in [-0.2, -0.15) is 0 Å². The number of halogens is 1. The maximum atomic E-state index is 9.14. The maximum Gasteiger partial charge on any atom is 0.104 e. The topological polar surface area (TPSA) is 20.2 Å². The standard InChI is InChI=1S/C8H19ClNO/c1-8(11)7-10(2,3)6-4-5-9/h8,11H,4-7H2,1-3H3/q+1. The molecule has 0 spiro atoms. The Morgan fingerprint density at radius 1 is 1.45 bits per heavy atom. The molecule has 1 unspecified atom stereocenters. The Balaban J connectivity index is 3.61. The van der Waals surface area contributed by atoms with Gasteiger partial charge in [0.15, 0.2) is 0 Å². The first kappa shape index (κ1) is 11.2. The molecule has 0 aromatic heterocycles. The number of alkyl halides is 1. The third kappa shape index (κ3) is 6.60. The van der Waals surface area contributed by atoms with E-state index < -0.39 is 0 Å². The molecule has 0 saturated carbocycles. The van der Waals surface area contributed by atoms with E-state index in [1.165, 1.54) is 0 Å². The van der Waals surface area contributed by atoms with E-state index in [-0.39, 0.29) is 6.10 Å². The molecule has 1 atom stereocenters. The van der Waals surface area contributed by atoms with Gasteiger partial charge < -0.3 is 9.59 Å². The number of aliphatic hydroxyl groups excluding tert-OH is 1. The number of hydrogen-bond acceptors (Lipinski definition) is 1. The molecule has 0 radical (unpaired) electrons. The summed E-state index contributed by atoms with van der Waals surface area (Å²) in [6.07, 6.45) is 0.793. The van der Waals surface area contributed by atoms with Gasteiger partial charge in [-0.25, -0.2) is 0 Å². The summed E-state index contributed by atoms with van der Waals surface area (Å²) in [5.74, 6) is 0.710. The van der Waals surface area contributed by atoms with E-state index in [0.717, 1.165) is 24.0 Å². The summed E-state index contributed by atoms with van der Waals surface area (Å²) in [7, 11) is 4.22. The Kier molecular flexibility index (Phi) is 5.06. The second kappa shape index (κ2) is 4.96. The van der Waals surface area contributed by atoms with Crippen LogP contribution >= 0.6 is 11.6 Å². The summed E-state index contributed by atoms with van der Waals surface area (Å²) in [4.78, 5) is 0. The molecule has 0 rings (SSSR count). The molecule has 0 bridgehead atoms. The van der Waals surface area contributed by atoms with Crippen LogP contribution < -0.4 is 0 Å². The first-order valence-corrected chi connectivity index (χ1v) is 4.57. The fourth-order valence-electron chi connectivity index (χ4n) is 1.29. The van der Waals surface area contributed by atoms with Crippen LogP contribution in [0.2, 0.25) is 0 Å². The second-order valence-electron chi connectivity index (χ2n) is 3.73. The lowest BCUT2D eigenvalue weighted by atomic mass is 10.3. The summed E-state index contributed by atoms with van der Waals surface area (Å²) in [6, 6.07) is 0. The summed E-state index contributed by atoms with van der Waals surface area (Å²) in [5.41, 5.74) is 0. The largest absolute Gasteiger partial charge is 0.388 e. The molecule has 3 heteroatoms. The predicted octanol–water partition coefficient (Wildman–Crippen LogP) is 1.07. The van der Waals surface area contributed by atoms with Gasteiger partial charge in [-0.3, -0.25) is 0 Å². The highest BCUT2D eigenvalue weighted by atomic mass is 35.5. The molecule has 2 nitrogen and oxygen atoms in total. The van der Waals surface area contributed by atoms with Crippen LogP contribution in [0.5, 0.6) is 0 Å². The second-order valence-corrected chi connectivity index (χ2v) is 4.11. The van der Waals surface area contributed by atoms with Crippen molar-refractivity contribution in [3.63, 3.8) is 0 Å². The van der Waals surface area contributed by atoms with Gasteiger partial charge in [-0.05, 0) is 6.92 Å². The van der Waals surface area contributed by atoms with Crippen LogP contribution in [-0.2, 0) is 0 Å². The SMILES string of the molecule is CC(O)C[N+](C)(C)CCCCl. The van der Waals surface area contributed by atoms with E-state index in [0.29, 0.717) is 5.88 Å². The normalized spacial score (nSPS) is 15.0. The van der Waals surface area contributed by atoms with Crippen LogP contribution in [0.3, 0.4) is 0 Å². The Morgan fingerprint density at radius 2 is 2.00 bits per heavy atom. The van der Waals surface area contributed by atoms with Crippen LogP contribution in [0.25, 0.3) is 0 Å². The molecule has 0 aliphatic rings. The quantitative estimate of drug-likeness (QED) is 0.496. The van der Waals surface area contributed by atoms with Crippen molar-refractivity contribution < 1.29 is 9.59 Å². The van der Waals surface area contributed by atoms with Crippen molar-refractivity contribution in [3.05, 3.63) is 0 Å². The first-order valence-electron chi connectivity index (χ1n) is 4.04. The van der Waals surface area contributed by atoms with Gasteiger partial charge in [0, 0.05) is 12.3 Å². The summed E-state index contributed by atoms with van der Waals surface area (Å²) in [5, 5.41) is 9.14. The highest BCUT2D eigenvalue weighted by Gasteiger charge is 2.16. The van der Waals surface area contributed by atoms with Gasteiger partial charge >= 0.3 is 0 Å². The lowest BCUT2D eigenvalue weighted by Crippen LogP contribution is -2.45. The molecule has 0 aromatic rings. The molecule has 0 fully saturated rings. The molecule has 1 N–H and O–H groups in total. The van der Waals surface area contributed by atoms with Gasteiger partial charge in [-0.15, -0.1) is 11.6 Å². The van der Waals surface area contributed by atoms with Gasteiger partial charge in [0.25, 0.3) is 0 Å². The molecule has 0 heterocycles. The smallest absolute Gasteiger partial charge is 0.104 e. The van der Waals surface area contributed by atoms with Gasteiger partial charge in [0.2, 0.25) is 0 Å². The Hall–Kier alpha value is 0.210. The minimum atomic E-state index is -0.222. The molecule has 0 aromatic carbocycles. The molecule has 0 aliphatic carbocycles. The minimum Gasteiger partial charge on any atom is -0.388 e. The number of aliphatic hydroxyl groups is 1. The van der Waals surface area contributed by atoms with Crippen molar-refractivity contribution in [3.8, 4) is 0 Å². The number of likely N-dealkylation sites (N-methyl/N-ethyl adjacent to an activating group) is 1. The van der Waals surface area contributed by atoms with Crippen molar-refractivity contribution >= 4 is 11.6 Å². The zero-order valence-electron chi connectivity index (χ0n) is 7.68. The van der Waals surface area contributed by atoms with Crippen molar-refractivity contribution in [1.29, 1.82) is 0 Å². The zero-order valence-corrected chi connectivity index (χ0v) is 8.43. The molecule has 68 valence electrons. The van der Waals surface area contributed by atoms with Gasteiger partial charge in [-0.1, -0.05) is 0 Å². The van der Waals surface area contributed by atoms with E-state index in [4.69, 9.17) is 16.7 Å². The van der Waals surface area contributed by atoms with Crippen molar-refractivity contribution in [2.75, 3.05) is 33.1 Å². The minimum absolute atomic E-state index is 0.222. The predicted molar refractivity (Wildman–Crippen MR) is 48.9 cm³/mol. The number of rotatable bonds is 5. The lowest BCUT2D eigenvalue weighted by molar-refractivity contribution is -0.893. The van der Waals surface area contributed by atoms with Crippen LogP contribution in [0.15, 0.2) is 0 Å². The number of quaternary nitrogens is 1. The van der Waals surface area contributed by atoms with E-state index >= 15 is 0 Å². The fourth-order valence-corrected chi connectivity index (χ4v) is 1.41. The average Bonchev–Trinajstić information content (AvgIpc) is 1.81. The third-order valence-electron chi connectivity index (χ3n) is 1.66. The van der Waals surface area contributed by atoms with Crippen LogP contribution in [-0.4, -0.2) is 48.8 Å². The monoisotopic (exact) mass is 180 g/mol. The van der Waals surface area contributed by atoms with E-state index in [2.05, 4.69) is 14.1 Å². The number of hydrogen-bond donors (Lipinski definition) is 1. The van der Waals surface area contributed by atoms with E-state index in [1.807, 2.05) is 6.92 Å². The van der Waals surface area contributed by atoms with E-state index in [1.54, 1.807) is 0 Å². The fraction of sp³-hybridized carbons (Fsp3) is 1.00. The molecular formula is C8H19ClNO+. The van der Waals surface area contributed by atoms with Crippen LogP contribution in [0.1, 0.15) is 13.3 Å². The molecule has 0 amide bonds. The van der Waals surface area contributed by atoms with Crippen LogP contribution in [0, 0.1) is 0 Å². The summed E-state index contributed by atoms with van der Waals surface area (Å²) < 4.78 is 0.852. The van der Waals surface area contributed by atoms with Crippen molar-refractivity contribution in [2.24, 2.45) is 0 Å². The van der Waals surface area contributed by atoms with Crippen LogP contribution in [0.4, 0.5) is 0 Å².